The van der Waals surface area contributed by atoms with Crippen LogP contribution in [0.25, 0.3) is 20.4 Å². The Morgan fingerprint density at radius 1 is 0.686 bits per heavy atom. The van der Waals surface area contributed by atoms with Crippen molar-refractivity contribution in [2.45, 2.75) is 0 Å². The minimum atomic E-state index is -0.400. The van der Waals surface area contributed by atoms with Crippen molar-refractivity contribution in [3.8, 4) is 11.5 Å². The highest BCUT2D eigenvalue weighted by atomic mass is 32.1. The summed E-state index contributed by atoms with van der Waals surface area (Å²) in [4.78, 5) is 36.2. The molecule has 5 aromatic rings. The molecule has 0 saturated heterocycles. The minimum absolute atomic E-state index is 0.379. The van der Waals surface area contributed by atoms with E-state index in [0.29, 0.717) is 19.4 Å². The summed E-state index contributed by atoms with van der Waals surface area (Å²) < 4.78 is 16.2. The molecule has 3 heterocycles. The van der Waals surface area contributed by atoms with Crippen LogP contribution in [-0.2, 0) is 14.1 Å². The molecule has 2 amide bonds. The fraction of sp³-hybridized carbons (Fsp3) is 0.167. The summed E-state index contributed by atoms with van der Waals surface area (Å²) in [7, 11) is 6.95. The van der Waals surface area contributed by atoms with Gasteiger partial charge in [0.1, 0.15) is 11.5 Å². The molecule has 11 heteroatoms. The normalized spacial score (nSPS) is 12.6. The van der Waals surface area contributed by atoms with Crippen LogP contribution in [0.3, 0.4) is 0 Å². The number of hydrogen-bond donors (Lipinski definition) is 0. The lowest BCUT2D eigenvalue weighted by Gasteiger charge is -1.99. The first-order valence-corrected chi connectivity index (χ1v) is 12.9. The van der Waals surface area contributed by atoms with Gasteiger partial charge in [0.25, 0.3) is 11.8 Å². The summed E-state index contributed by atoms with van der Waals surface area (Å²) in [6, 6.07) is 14.7. The van der Waals surface area contributed by atoms with Crippen LogP contribution in [0.4, 0.5) is 0 Å². The second kappa shape index (κ2) is 9.25. The number of thiophene rings is 1. The van der Waals surface area contributed by atoms with Crippen LogP contribution in [0.2, 0.25) is 0 Å². The number of benzene rings is 2. The average molecular weight is 525 g/mol. The maximum Gasteiger partial charge on any atom is 0.289 e. The van der Waals surface area contributed by atoms with Gasteiger partial charge in [-0.25, -0.2) is 0 Å². The Bertz CT molecular complexity index is 1620. The van der Waals surface area contributed by atoms with E-state index in [1.807, 2.05) is 59.6 Å². The van der Waals surface area contributed by atoms with Crippen molar-refractivity contribution in [1.29, 1.82) is 0 Å². The minimum Gasteiger partial charge on any atom is -0.497 e. The fourth-order valence-electron chi connectivity index (χ4n) is 3.55. The maximum absolute atomic E-state index is 12.8. The molecule has 3 aromatic heterocycles. The number of carbonyl (C=O) groups excluding carboxylic acids is 2. The van der Waals surface area contributed by atoms with E-state index in [1.54, 1.807) is 26.4 Å². The fourth-order valence-corrected chi connectivity index (χ4v) is 6.41. The summed E-state index contributed by atoms with van der Waals surface area (Å²) in [6.07, 6.45) is 0. The third-order valence-corrected chi connectivity index (χ3v) is 8.71. The van der Waals surface area contributed by atoms with Crippen LogP contribution in [0.5, 0.6) is 11.5 Å². The van der Waals surface area contributed by atoms with Crippen molar-refractivity contribution in [3.63, 3.8) is 0 Å². The Morgan fingerprint density at radius 2 is 1.11 bits per heavy atom. The highest BCUT2D eigenvalue weighted by Gasteiger charge is 2.15. The molecule has 0 aliphatic rings. The van der Waals surface area contributed by atoms with Gasteiger partial charge in [0.05, 0.1) is 44.4 Å². The quantitative estimate of drug-likeness (QED) is 0.350. The first-order valence-electron chi connectivity index (χ1n) is 10.4. The van der Waals surface area contributed by atoms with E-state index in [2.05, 4.69) is 9.98 Å². The summed E-state index contributed by atoms with van der Waals surface area (Å²) in [5.41, 5.74) is 1.91. The smallest absolute Gasteiger partial charge is 0.289 e. The molecule has 0 saturated carbocycles. The number of aryl methyl sites for hydroxylation is 2. The SMILES string of the molecule is COc1ccc2c(c1)sc(=NC(=O)c1ccc(C(=O)N=c3sc4cc(OC)ccc4n3C)s1)n2C. The van der Waals surface area contributed by atoms with Gasteiger partial charge < -0.3 is 18.6 Å². The van der Waals surface area contributed by atoms with Crippen molar-refractivity contribution in [2.24, 2.45) is 24.1 Å². The number of ether oxygens (including phenoxy) is 2. The largest absolute Gasteiger partial charge is 0.497 e. The molecular formula is C24H20N4O4S3. The van der Waals surface area contributed by atoms with Gasteiger partial charge in [0.15, 0.2) is 9.60 Å². The molecule has 0 N–H and O–H groups in total. The number of fused-ring (bicyclic) bond motifs is 2. The molecule has 0 bridgehead atoms. The highest BCUT2D eigenvalue weighted by Crippen LogP contribution is 2.24. The summed E-state index contributed by atoms with van der Waals surface area (Å²) in [5, 5.41) is 0. The molecule has 0 aliphatic heterocycles. The van der Waals surface area contributed by atoms with E-state index in [1.165, 1.54) is 22.7 Å². The van der Waals surface area contributed by atoms with Crippen LogP contribution in [0, 0.1) is 0 Å². The summed E-state index contributed by atoms with van der Waals surface area (Å²) >= 11 is 3.89. The van der Waals surface area contributed by atoms with Crippen LogP contribution < -0.4 is 19.1 Å². The van der Waals surface area contributed by atoms with Crippen molar-refractivity contribution in [1.82, 2.24) is 9.13 Å². The Hall–Kier alpha value is -3.54. The van der Waals surface area contributed by atoms with Crippen LogP contribution in [0.15, 0.2) is 58.5 Å². The van der Waals surface area contributed by atoms with Crippen LogP contribution in [-0.4, -0.2) is 35.2 Å². The summed E-state index contributed by atoms with van der Waals surface area (Å²) in [6.45, 7) is 0. The third-order valence-electron chi connectivity index (χ3n) is 5.45. The molecule has 5 rings (SSSR count). The number of rotatable bonds is 4. The molecule has 35 heavy (non-hydrogen) atoms. The van der Waals surface area contributed by atoms with Gasteiger partial charge in [-0.2, -0.15) is 9.98 Å². The topological polar surface area (TPSA) is 87.2 Å². The molecule has 178 valence electrons. The monoisotopic (exact) mass is 524 g/mol. The number of carbonyl (C=O) groups is 2. The van der Waals surface area contributed by atoms with Crippen molar-refractivity contribution >= 4 is 66.3 Å². The first-order chi connectivity index (χ1) is 16.9. The number of aromatic nitrogens is 2. The van der Waals surface area contributed by atoms with Crippen molar-refractivity contribution in [2.75, 3.05) is 14.2 Å². The molecule has 0 fully saturated rings. The number of hydrogen-bond acceptors (Lipinski definition) is 7. The van der Waals surface area contributed by atoms with E-state index in [0.717, 1.165) is 43.3 Å². The molecule has 2 aromatic carbocycles. The lowest BCUT2D eigenvalue weighted by molar-refractivity contribution is 0.0995. The zero-order valence-corrected chi connectivity index (χ0v) is 21.7. The number of nitrogens with zero attached hydrogens (tertiary/aromatic N) is 4. The van der Waals surface area contributed by atoms with Gasteiger partial charge in [0.2, 0.25) is 0 Å². The standard InChI is InChI=1S/C24H20N4O4S3/c1-27-15-7-5-13(31-3)11-19(15)34-23(27)25-21(29)17-9-10-18(33-17)22(30)26-24-28(2)16-8-6-14(32-4)12-20(16)35-24/h5-12H,1-4H3. The third kappa shape index (κ3) is 4.33. The summed E-state index contributed by atoms with van der Waals surface area (Å²) in [5.74, 6) is 0.687. The van der Waals surface area contributed by atoms with E-state index in [4.69, 9.17) is 9.47 Å². The van der Waals surface area contributed by atoms with Gasteiger partial charge in [-0.3, -0.25) is 9.59 Å². The van der Waals surface area contributed by atoms with E-state index in [9.17, 15) is 9.59 Å². The van der Waals surface area contributed by atoms with E-state index >= 15 is 0 Å². The molecule has 0 spiro atoms. The molecular weight excluding hydrogens is 504 g/mol. The maximum atomic E-state index is 12.8. The zero-order valence-electron chi connectivity index (χ0n) is 19.3. The van der Waals surface area contributed by atoms with Gasteiger partial charge >= 0.3 is 0 Å². The van der Waals surface area contributed by atoms with Gasteiger partial charge in [-0.15, -0.1) is 11.3 Å². The lowest BCUT2D eigenvalue weighted by atomic mass is 10.3. The van der Waals surface area contributed by atoms with Crippen LogP contribution in [0.1, 0.15) is 19.3 Å². The Kier molecular flexibility index (Phi) is 6.13. The number of amides is 2. The van der Waals surface area contributed by atoms with Crippen LogP contribution >= 0.6 is 34.0 Å². The molecule has 0 radical (unpaired) electrons. The second-order valence-corrected chi connectivity index (χ2v) is 10.7. The predicted molar refractivity (Wildman–Crippen MR) is 139 cm³/mol. The van der Waals surface area contributed by atoms with E-state index < -0.39 is 11.8 Å². The molecule has 0 unspecified atom stereocenters. The number of methoxy groups -OCH3 is 2. The zero-order chi connectivity index (χ0) is 24.7. The van der Waals surface area contributed by atoms with Gasteiger partial charge in [-0.1, -0.05) is 22.7 Å². The Balaban J connectivity index is 1.44. The predicted octanol–water partition coefficient (Wildman–Crippen LogP) is 4.35. The molecule has 0 aliphatic carbocycles. The lowest BCUT2D eigenvalue weighted by Crippen LogP contribution is -2.13. The number of thiazole rings is 2. The Morgan fingerprint density at radius 3 is 1.51 bits per heavy atom. The van der Waals surface area contributed by atoms with Crippen molar-refractivity contribution < 1.29 is 19.1 Å². The highest BCUT2D eigenvalue weighted by molar-refractivity contribution is 7.17. The first kappa shape index (κ1) is 23.2. The molecule has 8 nitrogen and oxygen atoms in total. The second-order valence-electron chi connectivity index (χ2n) is 7.55. The van der Waals surface area contributed by atoms with Gasteiger partial charge in [-0.05, 0) is 48.5 Å². The van der Waals surface area contributed by atoms with Gasteiger partial charge in [0, 0.05) is 14.1 Å². The Labute approximate surface area is 211 Å². The molecule has 0 atom stereocenters. The average Bonchev–Trinajstić information content (AvgIpc) is 3.56. The van der Waals surface area contributed by atoms with Crippen molar-refractivity contribution in [3.05, 3.63) is 67.9 Å². The van der Waals surface area contributed by atoms with E-state index in [-0.39, 0.29) is 0 Å².